The maximum Gasteiger partial charge on any atom is 0.326 e. The Morgan fingerprint density at radius 1 is 1.75 bits per heavy atom. The molecule has 0 fully saturated rings. The Labute approximate surface area is 104 Å². The molecule has 0 unspecified atom stereocenters. The number of urea groups is 1. The summed E-state index contributed by atoms with van der Waals surface area (Å²) in [7, 11) is 1.59. The normalized spacial score (nSPS) is 10.2. The van der Waals surface area contributed by atoms with Crippen molar-refractivity contribution in [3.63, 3.8) is 0 Å². The Kier molecular flexibility index (Phi) is 5.54. The molecular formula is C9H15N3O2S2. The highest BCUT2D eigenvalue weighted by Crippen LogP contribution is 2.11. The number of nitrogens with one attached hydrogen (secondary N) is 1. The molecule has 2 amide bonds. The second kappa shape index (κ2) is 6.70. The lowest BCUT2D eigenvalue weighted by atomic mass is 10.4. The van der Waals surface area contributed by atoms with Crippen LogP contribution in [0.25, 0.3) is 0 Å². The Hall–Kier alpha value is -0.820. The van der Waals surface area contributed by atoms with Crippen LogP contribution in [-0.2, 0) is 5.75 Å². The van der Waals surface area contributed by atoms with Crippen LogP contribution in [0.4, 0.5) is 4.79 Å². The molecule has 1 heterocycles. The zero-order chi connectivity index (χ0) is 12.0. The average molecular weight is 261 g/mol. The van der Waals surface area contributed by atoms with E-state index in [4.69, 9.17) is 4.52 Å². The van der Waals surface area contributed by atoms with E-state index < -0.39 is 0 Å². The third-order valence-electron chi connectivity index (χ3n) is 1.74. The minimum absolute atomic E-state index is 0.193. The summed E-state index contributed by atoms with van der Waals surface area (Å²) < 4.78 is 6.16. The average Bonchev–Trinajstić information content (AvgIpc) is 2.63. The highest BCUT2D eigenvalue weighted by atomic mass is 32.2. The largest absolute Gasteiger partial charge is 0.361 e. The van der Waals surface area contributed by atoms with E-state index in [1.165, 1.54) is 4.31 Å². The monoisotopic (exact) mass is 261 g/mol. The lowest BCUT2D eigenvalue weighted by molar-refractivity contribution is 0.231. The van der Waals surface area contributed by atoms with Crippen molar-refractivity contribution in [1.29, 1.82) is 0 Å². The van der Waals surface area contributed by atoms with Crippen molar-refractivity contribution in [3.05, 3.63) is 17.5 Å². The molecule has 1 aromatic rings. The Morgan fingerprint density at radius 3 is 3.06 bits per heavy atom. The van der Waals surface area contributed by atoms with Crippen molar-refractivity contribution in [2.75, 3.05) is 19.3 Å². The van der Waals surface area contributed by atoms with Gasteiger partial charge >= 0.3 is 6.03 Å². The van der Waals surface area contributed by atoms with Gasteiger partial charge in [0, 0.05) is 31.2 Å². The van der Waals surface area contributed by atoms with Gasteiger partial charge in [-0.05, 0) is 6.92 Å². The third kappa shape index (κ3) is 4.80. The standard InChI is InChI=1S/C9H15N3O2S2/c1-7-5-8(11-14-7)6-16-4-3-10-9(13)12(2)15/h5,15H,3-4,6H2,1-2H3,(H,10,13). The van der Waals surface area contributed by atoms with E-state index in [9.17, 15) is 4.79 Å². The van der Waals surface area contributed by atoms with E-state index in [2.05, 4.69) is 23.3 Å². The molecule has 1 N–H and O–H groups in total. The zero-order valence-corrected chi connectivity index (χ0v) is 11.0. The Bertz CT molecular complexity index is 341. The molecule has 0 aliphatic carbocycles. The van der Waals surface area contributed by atoms with Crippen LogP contribution >= 0.6 is 24.6 Å². The van der Waals surface area contributed by atoms with Gasteiger partial charge in [0.1, 0.15) is 5.76 Å². The van der Waals surface area contributed by atoms with Crippen molar-refractivity contribution in [2.45, 2.75) is 12.7 Å². The van der Waals surface area contributed by atoms with Crippen molar-refractivity contribution in [2.24, 2.45) is 0 Å². The summed E-state index contributed by atoms with van der Waals surface area (Å²) in [6, 6.07) is 1.72. The quantitative estimate of drug-likeness (QED) is 0.626. The molecule has 16 heavy (non-hydrogen) atoms. The highest BCUT2D eigenvalue weighted by Gasteiger charge is 2.03. The molecule has 0 aromatic carbocycles. The van der Waals surface area contributed by atoms with Crippen LogP contribution in [0.3, 0.4) is 0 Å². The number of hydrogen-bond acceptors (Lipinski definition) is 5. The van der Waals surface area contributed by atoms with Crippen molar-refractivity contribution < 1.29 is 9.32 Å². The van der Waals surface area contributed by atoms with Gasteiger partial charge in [0.05, 0.1) is 5.69 Å². The molecule has 0 saturated heterocycles. The van der Waals surface area contributed by atoms with Crippen LogP contribution in [-0.4, -0.2) is 34.8 Å². The molecule has 90 valence electrons. The van der Waals surface area contributed by atoms with Gasteiger partial charge in [0.2, 0.25) is 0 Å². The SMILES string of the molecule is Cc1cc(CSCCNC(=O)N(C)S)no1. The predicted octanol–water partition coefficient (Wildman–Crippen LogP) is 1.70. The fraction of sp³-hybridized carbons (Fsp3) is 0.556. The second-order valence-corrected chi connectivity index (χ2v) is 4.94. The van der Waals surface area contributed by atoms with E-state index in [1.807, 2.05) is 13.0 Å². The molecule has 0 saturated carbocycles. The van der Waals surface area contributed by atoms with Gasteiger partial charge in [0.15, 0.2) is 0 Å². The van der Waals surface area contributed by atoms with Gasteiger partial charge in [0.25, 0.3) is 0 Å². The third-order valence-corrected chi connectivity index (χ3v) is 2.92. The van der Waals surface area contributed by atoms with Gasteiger partial charge in [-0.3, -0.25) is 4.31 Å². The van der Waals surface area contributed by atoms with Gasteiger partial charge in [-0.15, -0.1) is 0 Å². The van der Waals surface area contributed by atoms with E-state index in [0.29, 0.717) is 6.54 Å². The number of carbonyl (C=O) groups is 1. The number of carbonyl (C=O) groups excluding carboxylic acids is 1. The number of aromatic nitrogens is 1. The topological polar surface area (TPSA) is 58.4 Å². The van der Waals surface area contributed by atoms with Crippen LogP contribution in [0.5, 0.6) is 0 Å². The lowest BCUT2D eigenvalue weighted by Crippen LogP contribution is -2.32. The van der Waals surface area contributed by atoms with Crippen LogP contribution in [0.1, 0.15) is 11.5 Å². The first kappa shape index (κ1) is 13.2. The molecule has 0 aliphatic heterocycles. The number of rotatable bonds is 5. The molecule has 0 radical (unpaired) electrons. The molecule has 7 heteroatoms. The number of thioether (sulfide) groups is 1. The number of aryl methyl sites for hydroxylation is 1. The van der Waals surface area contributed by atoms with Crippen molar-refractivity contribution >= 4 is 30.6 Å². The van der Waals surface area contributed by atoms with Crippen molar-refractivity contribution in [1.82, 2.24) is 14.8 Å². The van der Waals surface area contributed by atoms with Crippen molar-refractivity contribution in [3.8, 4) is 0 Å². The predicted molar refractivity (Wildman–Crippen MR) is 67.5 cm³/mol. The summed E-state index contributed by atoms with van der Waals surface area (Å²) in [6.45, 7) is 2.48. The molecule has 0 bridgehead atoms. The van der Waals surface area contributed by atoms with Gasteiger partial charge < -0.3 is 9.84 Å². The minimum atomic E-state index is -0.193. The number of amides is 2. The first-order chi connectivity index (χ1) is 7.59. The smallest absolute Gasteiger partial charge is 0.326 e. The van der Waals surface area contributed by atoms with E-state index >= 15 is 0 Å². The maximum atomic E-state index is 11.1. The number of thiol groups is 1. The zero-order valence-electron chi connectivity index (χ0n) is 9.27. The van der Waals surface area contributed by atoms with Gasteiger partial charge in [-0.2, -0.15) is 11.8 Å². The minimum Gasteiger partial charge on any atom is -0.361 e. The second-order valence-electron chi connectivity index (χ2n) is 3.24. The molecule has 5 nitrogen and oxygen atoms in total. The van der Waals surface area contributed by atoms with Gasteiger partial charge in [-0.25, -0.2) is 4.79 Å². The molecular weight excluding hydrogens is 246 g/mol. The van der Waals surface area contributed by atoms with Crippen LogP contribution in [0.2, 0.25) is 0 Å². The van der Waals surface area contributed by atoms with E-state index in [0.717, 1.165) is 23.0 Å². The summed E-state index contributed by atoms with van der Waals surface area (Å²) in [6.07, 6.45) is 0. The van der Waals surface area contributed by atoms with E-state index in [1.54, 1.807) is 18.8 Å². The fourth-order valence-electron chi connectivity index (χ4n) is 1.01. The van der Waals surface area contributed by atoms with Gasteiger partial charge in [-0.1, -0.05) is 18.0 Å². The van der Waals surface area contributed by atoms with E-state index in [-0.39, 0.29) is 6.03 Å². The summed E-state index contributed by atoms with van der Waals surface area (Å²) >= 11 is 5.56. The van der Waals surface area contributed by atoms with Crippen LogP contribution in [0.15, 0.2) is 10.6 Å². The molecule has 1 rings (SSSR count). The molecule has 0 atom stereocenters. The molecule has 0 spiro atoms. The summed E-state index contributed by atoms with van der Waals surface area (Å²) in [5.41, 5.74) is 0.931. The molecule has 1 aromatic heterocycles. The maximum absolute atomic E-state index is 11.1. The number of nitrogens with zero attached hydrogens (tertiary/aromatic N) is 2. The fourth-order valence-corrected chi connectivity index (χ4v) is 1.81. The first-order valence-electron chi connectivity index (χ1n) is 4.80. The lowest BCUT2D eigenvalue weighted by Gasteiger charge is -2.09. The highest BCUT2D eigenvalue weighted by molar-refractivity contribution is 7.98. The Balaban J connectivity index is 2.06. The Morgan fingerprint density at radius 2 is 2.50 bits per heavy atom. The van der Waals surface area contributed by atoms with Crippen LogP contribution < -0.4 is 5.32 Å². The summed E-state index contributed by atoms with van der Waals surface area (Å²) in [5.74, 6) is 2.45. The number of hydrogen-bond donors (Lipinski definition) is 2. The first-order valence-corrected chi connectivity index (χ1v) is 6.35. The van der Waals surface area contributed by atoms with Crippen LogP contribution in [0, 0.1) is 6.92 Å². The summed E-state index contributed by atoms with van der Waals surface area (Å²) in [4.78, 5) is 11.1. The molecule has 0 aliphatic rings. The summed E-state index contributed by atoms with van der Waals surface area (Å²) in [5, 5.41) is 6.59.